The molecule has 1 aliphatic heterocycles. The standard InChI is InChI=1S/C19H19ClN4O5S/c1-12-9-13(2)24(19(26)15(12)11-21)22-18(25)14-3-4-16(20)17(10-14)30(27,28)23-5-7-29-8-6-23/h3-4,9-10H,5-8H2,1-2H3,(H,22,25). The van der Waals surface area contributed by atoms with E-state index in [2.05, 4.69) is 5.43 Å². The molecular weight excluding hydrogens is 432 g/mol. The van der Waals surface area contributed by atoms with Gasteiger partial charge in [-0.25, -0.2) is 13.1 Å². The summed E-state index contributed by atoms with van der Waals surface area (Å²) in [6, 6.07) is 7.25. The van der Waals surface area contributed by atoms with Gasteiger partial charge in [0.2, 0.25) is 10.0 Å². The number of nitrogens with one attached hydrogen (secondary N) is 1. The van der Waals surface area contributed by atoms with Crippen molar-refractivity contribution >= 4 is 27.5 Å². The lowest BCUT2D eigenvalue weighted by molar-refractivity contribution is 0.0730. The van der Waals surface area contributed by atoms with Gasteiger partial charge in [0, 0.05) is 24.3 Å². The predicted octanol–water partition coefficient (Wildman–Crippen LogP) is 1.40. The smallest absolute Gasteiger partial charge is 0.287 e. The third kappa shape index (κ3) is 4.11. The monoisotopic (exact) mass is 450 g/mol. The fourth-order valence-corrected chi connectivity index (χ4v) is 5.01. The van der Waals surface area contributed by atoms with Crippen molar-refractivity contribution < 1.29 is 17.9 Å². The molecule has 1 aliphatic rings. The van der Waals surface area contributed by atoms with Crippen LogP contribution in [-0.4, -0.2) is 49.6 Å². The summed E-state index contributed by atoms with van der Waals surface area (Å²) in [5, 5.41) is 9.16. The number of carbonyl (C=O) groups is 1. The van der Waals surface area contributed by atoms with E-state index in [4.69, 9.17) is 16.3 Å². The van der Waals surface area contributed by atoms with Crippen LogP contribution >= 0.6 is 11.6 Å². The number of rotatable bonds is 4. The van der Waals surface area contributed by atoms with E-state index in [0.29, 0.717) is 11.3 Å². The number of benzene rings is 1. The Hall–Kier alpha value is -2.71. The van der Waals surface area contributed by atoms with Gasteiger partial charge in [0.1, 0.15) is 16.5 Å². The average Bonchev–Trinajstić information content (AvgIpc) is 2.72. The van der Waals surface area contributed by atoms with Gasteiger partial charge in [-0.2, -0.15) is 9.57 Å². The van der Waals surface area contributed by atoms with Crippen molar-refractivity contribution in [3.05, 3.63) is 62.0 Å². The van der Waals surface area contributed by atoms with Gasteiger partial charge in [0.15, 0.2) is 0 Å². The summed E-state index contributed by atoms with van der Waals surface area (Å²) in [4.78, 5) is 25.0. The van der Waals surface area contributed by atoms with Crippen LogP contribution in [0.15, 0.2) is 34.0 Å². The van der Waals surface area contributed by atoms with Gasteiger partial charge < -0.3 is 4.74 Å². The molecule has 0 aliphatic carbocycles. The normalized spacial score (nSPS) is 14.9. The number of aromatic nitrogens is 1. The highest BCUT2D eigenvalue weighted by molar-refractivity contribution is 7.89. The molecule has 0 radical (unpaired) electrons. The van der Waals surface area contributed by atoms with Crippen LogP contribution in [0.4, 0.5) is 0 Å². The van der Waals surface area contributed by atoms with Crippen molar-refractivity contribution in [2.75, 3.05) is 31.7 Å². The highest BCUT2D eigenvalue weighted by atomic mass is 35.5. The van der Waals surface area contributed by atoms with Crippen molar-refractivity contribution in [2.24, 2.45) is 0 Å². The lowest BCUT2D eigenvalue weighted by Gasteiger charge is -2.26. The maximum atomic E-state index is 12.9. The molecule has 158 valence electrons. The number of hydrogen-bond donors (Lipinski definition) is 1. The van der Waals surface area contributed by atoms with Crippen LogP contribution in [0.5, 0.6) is 0 Å². The number of sulfonamides is 1. The predicted molar refractivity (Wildman–Crippen MR) is 110 cm³/mol. The third-order valence-corrected chi connectivity index (χ3v) is 7.08. The Bertz CT molecular complexity index is 1210. The zero-order valence-corrected chi connectivity index (χ0v) is 17.9. The molecule has 0 unspecified atom stereocenters. The van der Waals surface area contributed by atoms with Gasteiger partial charge in [-0.05, 0) is 43.7 Å². The van der Waals surface area contributed by atoms with E-state index in [1.54, 1.807) is 19.9 Å². The van der Waals surface area contributed by atoms with Crippen LogP contribution in [-0.2, 0) is 14.8 Å². The minimum absolute atomic E-state index is 0.00313. The SMILES string of the molecule is Cc1cc(C)n(NC(=O)c2ccc(Cl)c(S(=O)(=O)N3CCOCC3)c2)c(=O)c1C#N. The Morgan fingerprint density at radius 2 is 1.90 bits per heavy atom. The van der Waals surface area contributed by atoms with Crippen LogP contribution < -0.4 is 11.0 Å². The fourth-order valence-electron chi connectivity index (χ4n) is 3.10. The van der Waals surface area contributed by atoms with Crippen LogP contribution in [0.25, 0.3) is 0 Å². The zero-order valence-electron chi connectivity index (χ0n) is 16.3. The number of pyridine rings is 1. The number of amides is 1. The van der Waals surface area contributed by atoms with Crippen molar-refractivity contribution in [1.82, 2.24) is 8.98 Å². The molecule has 11 heteroatoms. The van der Waals surface area contributed by atoms with Crippen LogP contribution in [0.3, 0.4) is 0 Å². The van der Waals surface area contributed by atoms with Gasteiger partial charge in [-0.3, -0.25) is 15.0 Å². The molecular formula is C19H19ClN4O5S. The molecule has 0 bridgehead atoms. The average molecular weight is 451 g/mol. The second-order valence-corrected chi connectivity index (χ2v) is 9.01. The van der Waals surface area contributed by atoms with Gasteiger partial charge in [0.05, 0.1) is 18.2 Å². The third-order valence-electron chi connectivity index (χ3n) is 4.70. The first-order valence-corrected chi connectivity index (χ1v) is 10.8. The molecule has 1 aromatic heterocycles. The fraction of sp³-hybridized carbons (Fsp3) is 0.316. The number of hydrogen-bond acceptors (Lipinski definition) is 6. The highest BCUT2D eigenvalue weighted by Crippen LogP contribution is 2.26. The molecule has 2 heterocycles. The lowest BCUT2D eigenvalue weighted by atomic mass is 10.1. The summed E-state index contributed by atoms with van der Waals surface area (Å²) in [6.07, 6.45) is 0. The van der Waals surface area contributed by atoms with Gasteiger partial charge in [-0.15, -0.1) is 0 Å². The Morgan fingerprint density at radius 1 is 1.23 bits per heavy atom. The molecule has 3 rings (SSSR count). The maximum Gasteiger partial charge on any atom is 0.287 e. The minimum Gasteiger partial charge on any atom is -0.379 e. The van der Waals surface area contributed by atoms with Gasteiger partial charge >= 0.3 is 0 Å². The van der Waals surface area contributed by atoms with E-state index < -0.39 is 21.5 Å². The van der Waals surface area contributed by atoms with Crippen molar-refractivity contribution in [2.45, 2.75) is 18.7 Å². The number of nitrogens with zero attached hydrogens (tertiary/aromatic N) is 3. The summed E-state index contributed by atoms with van der Waals surface area (Å²) in [7, 11) is -3.92. The largest absolute Gasteiger partial charge is 0.379 e. The first kappa shape index (κ1) is 22.0. The second-order valence-electron chi connectivity index (χ2n) is 6.70. The van der Waals surface area contributed by atoms with Crippen molar-refractivity contribution in [3.63, 3.8) is 0 Å². The quantitative estimate of drug-likeness (QED) is 0.751. The number of nitriles is 1. The molecule has 1 saturated heterocycles. The van der Waals surface area contributed by atoms with Crippen LogP contribution in [0.1, 0.15) is 27.2 Å². The molecule has 1 N–H and O–H groups in total. The molecule has 1 amide bonds. The topological polar surface area (TPSA) is 122 Å². The maximum absolute atomic E-state index is 12.9. The summed E-state index contributed by atoms with van der Waals surface area (Å²) >= 11 is 6.11. The Morgan fingerprint density at radius 3 is 2.53 bits per heavy atom. The first-order valence-electron chi connectivity index (χ1n) is 8.99. The Labute approximate surface area is 178 Å². The molecule has 9 nitrogen and oxygen atoms in total. The molecule has 0 spiro atoms. The van der Waals surface area contributed by atoms with E-state index in [9.17, 15) is 23.3 Å². The number of morpholine rings is 1. The van der Waals surface area contributed by atoms with Crippen molar-refractivity contribution in [1.29, 1.82) is 5.26 Å². The van der Waals surface area contributed by atoms with E-state index in [1.807, 2.05) is 6.07 Å². The van der Waals surface area contributed by atoms with Crippen LogP contribution in [0, 0.1) is 25.2 Å². The summed E-state index contributed by atoms with van der Waals surface area (Å²) < 4.78 is 33.2. The van der Waals surface area contributed by atoms with Gasteiger partial charge in [0.25, 0.3) is 11.5 Å². The molecule has 0 atom stereocenters. The Kier molecular flexibility index (Phi) is 6.28. The molecule has 1 aromatic carbocycles. The minimum atomic E-state index is -3.92. The molecule has 30 heavy (non-hydrogen) atoms. The summed E-state index contributed by atoms with van der Waals surface area (Å²) in [6.45, 7) is 4.14. The molecule has 0 saturated carbocycles. The van der Waals surface area contributed by atoms with E-state index >= 15 is 0 Å². The number of ether oxygens (including phenoxy) is 1. The van der Waals surface area contributed by atoms with Crippen LogP contribution in [0.2, 0.25) is 5.02 Å². The number of carbonyl (C=O) groups excluding carboxylic acids is 1. The lowest BCUT2D eigenvalue weighted by Crippen LogP contribution is -2.40. The Balaban J connectivity index is 1.97. The summed E-state index contributed by atoms with van der Waals surface area (Å²) in [5.41, 5.74) is 2.57. The van der Waals surface area contributed by atoms with E-state index in [0.717, 1.165) is 4.68 Å². The van der Waals surface area contributed by atoms with Gasteiger partial charge in [-0.1, -0.05) is 11.6 Å². The van der Waals surface area contributed by atoms with Crippen molar-refractivity contribution in [3.8, 4) is 6.07 Å². The van der Waals surface area contributed by atoms with E-state index in [-0.39, 0.29) is 47.3 Å². The highest BCUT2D eigenvalue weighted by Gasteiger charge is 2.29. The number of aryl methyl sites for hydroxylation is 2. The molecule has 2 aromatic rings. The second kappa shape index (κ2) is 8.57. The zero-order chi connectivity index (χ0) is 22.1. The first-order chi connectivity index (χ1) is 14.2. The molecule has 1 fully saturated rings. The number of halogens is 1. The van der Waals surface area contributed by atoms with E-state index in [1.165, 1.54) is 22.5 Å². The summed E-state index contributed by atoms with van der Waals surface area (Å²) in [5.74, 6) is -0.719.